The quantitative estimate of drug-likeness (QED) is 0.471. The van der Waals surface area contributed by atoms with Crippen LogP contribution < -0.4 is 4.72 Å². The van der Waals surface area contributed by atoms with E-state index in [9.17, 15) is 26.4 Å². The van der Waals surface area contributed by atoms with Gasteiger partial charge in [-0.3, -0.25) is 4.79 Å². The fourth-order valence-corrected chi connectivity index (χ4v) is 2.63. The summed E-state index contributed by atoms with van der Waals surface area (Å²) in [5.74, 6) is -4.73. The zero-order valence-corrected chi connectivity index (χ0v) is 12.0. The van der Waals surface area contributed by atoms with Gasteiger partial charge in [-0.1, -0.05) is 0 Å². The number of unbranched alkanes of at least 4 members (excludes halogenated alkanes) is 1. The molecule has 0 aliphatic rings. The maximum Gasteiger partial charge on any atom is 0.305 e. The Morgan fingerprint density at radius 1 is 1.14 bits per heavy atom. The van der Waals surface area contributed by atoms with Gasteiger partial charge in [0.15, 0.2) is 11.6 Å². The highest BCUT2D eigenvalue weighted by Gasteiger charge is 2.21. The molecule has 118 valence electrons. The molecule has 21 heavy (non-hydrogen) atoms. The molecule has 1 N–H and O–H groups in total. The number of nitrogens with one attached hydrogen (secondary N) is 1. The SMILES string of the molecule is COC(=O)CCCCNS(=O)(=O)c1cc(F)c(F)cc1F. The summed E-state index contributed by atoms with van der Waals surface area (Å²) in [5.41, 5.74) is 0. The van der Waals surface area contributed by atoms with Gasteiger partial charge in [-0.15, -0.1) is 0 Å². The van der Waals surface area contributed by atoms with Gasteiger partial charge in [0.25, 0.3) is 0 Å². The van der Waals surface area contributed by atoms with E-state index in [2.05, 4.69) is 4.74 Å². The monoisotopic (exact) mass is 325 g/mol. The molecule has 0 amide bonds. The van der Waals surface area contributed by atoms with Crippen molar-refractivity contribution in [3.63, 3.8) is 0 Å². The number of carbonyl (C=O) groups is 1. The number of hydrogen-bond acceptors (Lipinski definition) is 4. The van der Waals surface area contributed by atoms with Crippen LogP contribution in [-0.2, 0) is 19.6 Å². The van der Waals surface area contributed by atoms with Crippen molar-refractivity contribution in [2.45, 2.75) is 24.2 Å². The van der Waals surface area contributed by atoms with Crippen LogP contribution in [0.3, 0.4) is 0 Å². The highest BCUT2D eigenvalue weighted by atomic mass is 32.2. The van der Waals surface area contributed by atoms with E-state index >= 15 is 0 Å². The Balaban J connectivity index is 2.62. The molecule has 0 radical (unpaired) electrons. The van der Waals surface area contributed by atoms with Gasteiger partial charge < -0.3 is 4.74 Å². The summed E-state index contributed by atoms with van der Waals surface area (Å²) in [4.78, 5) is 9.86. The Labute approximate surface area is 120 Å². The van der Waals surface area contributed by atoms with Gasteiger partial charge in [0, 0.05) is 19.0 Å². The molecule has 0 atom stereocenters. The summed E-state index contributed by atoms with van der Waals surface area (Å²) in [7, 11) is -3.05. The van der Waals surface area contributed by atoms with E-state index in [1.165, 1.54) is 7.11 Å². The van der Waals surface area contributed by atoms with Gasteiger partial charge in [0.2, 0.25) is 10.0 Å². The molecular weight excluding hydrogens is 311 g/mol. The summed E-state index contributed by atoms with van der Waals surface area (Å²) in [6.45, 7) is -0.0717. The van der Waals surface area contributed by atoms with Crippen LogP contribution in [0.5, 0.6) is 0 Å². The van der Waals surface area contributed by atoms with Crippen LogP contribution in [-0.4, -0.2) is 28.0 Å². The lowest BCUT2D eigenvalue weighted by Gasteiger charge is -2.08. The first-order chi connectivity index (χ1) is 9.77. The second-order valence-electron chi connectivity index (χ2n) is 4.13. The van der Waals surface area contributed by atoms with Crippen LogP contribution >= 0.6 is 0 Å². The summed E-state index contributed by atoms with van der Waals surface area (Å²) < 4.78 is 69.0. The lowest BCUT2D eigenvalue weighted by Crippen LogP contribution is -2.26. The van der Waals surface area contributed by atoms with Crippen LogP contribution in [0.15, 0.2) is 17.0 Å². The molecule has 0 saturated heterocycles. The summed E-state index contributed by atoms with van der Waals surface area (Å²) in [5, 5.41) is 0. The third-order valence-electron chi connectivity index (χ3n) is 2.59. The molecule has 0 aromatic heterocycles. The van der Waals surface area contributed by atoms with Crippen molar-refractivity contribution >= 4 is 16.0 Å². The molecule has 9 heteroatoms. The average molecular weight is 325 g/mol. The predicted molar refractivity (Wildman–Crippen MR) is 67.4 cm³/mol. The van der Waals surface area contributed by atoms with E-state index in [4.69, 9.17) is 0 Å². The standard InChI is InChI=1S/C12H14F3NO4S/c1-20-12(17)4-2-3-5-16-21(18,19)11-7-9(14)8(13)6-10(11)15/h6-7,16H,2-5H2,1H3. The number of esters is 1. The van der Waals surface area contributed by atoms with Crippen LogP contribution in [0.25, 0.3) is 0 Å². The van der Waals surface area contributed by atoms with Crippen LogP contribution in [0.4, 0.5) is 13.2 Å². The molecule has 1 aromatic rings. The van der Waals surface area contributed by atoms with Crippen molar-refractivity contribution in [2.24, 2.45) is 0 Å². The smallest absolute Gasteiger partial charge is 0.305 e. The van der Waals surface area contributed by atoms with Crippen LogP contribution in [0.2, 0.25) is 0 Å². The molecule has 0 heterocycles. The van der Waals surface area contributed by atoms with Gasteiger partial charge in [-0.2, -0.15) is 0 Å². The third-order valence-corrected chi connectivity index (χ3v) is 4.07. The van der Waals surface area contributed by atoms with Gasteiger partial charge in [-0.25, -0.2) is 26.3 Å². The number of halogens is 3. The first kappa shape index (κ1) is 17.4. The van der Waals surface area contributed by atoms with E-state index in [1.807, 2.05) is 4.72 Å². The first-order valence-corrected chi connectivity index (χ1v) is 7.47. The molecule has 0 unspecified atom stereocenters. The number of carbonyl (C=O) groups excluding carboxylic acids is 1. The number of benzene rings is 1. The average Bonchev–Trinajstić information content (AvgIpc) is 2.41. The van der Waals surface area contributed by atoms with E-state index < -0.39 is 38.3 Å². The molecule has 0 bridgehead atoms. The second-order valence-corrected chi connectivity index (χ2v) is 5.86. The predicted octanol–water partition coefficient (Wildman–Crippen LogP) is 1.73. The van der Waals surface area contributed by atoms with Crippen LogP contribution in [0.1, 0.15) is 19.3 Å². The van der Waals surface area contributed by atoms with Crippen molar-refractivity contribution in [1.82, 2.24) is 4.72 Å². The summed E-state index contributed by atoms with van der Waals surface area (Å²) in [6.07, 6.45) is 0.798. The lowest BCUT2D eigenvalue weighted by molar-refractivity contribution is -0.140. The second kappa shape index (κ2) is 7.41. The molecule has 1 rings (SSSR count). The largest absolute Gasteiger partial charge is 0.469 e. The summed E-state index contributed by atoms with van der Waals surface area (Å²) in [6, 6.07) is 0.447. The molecular formula is C12H14F3NO4S. The Hall–Kier alpha value is -1.61. The number of hydrogen-bond donors (Lipinski definition) is 1. The zero-order chi connectivity index (χ0) is 16.0. The molecule has 0 spiro atoms. The molecule has 5 nitrogen and oxygen atoms in total. The minimum absolute atomic E-state index is 0.0717. The third kappa shape index (κ3) is 5.01. The van der Waals surface area contributed by atoms with Gasteiger partial charge >= 0.3 is 5.97 Å². The number of sulfonamides is 1. The zero-order valence-electron chi connectivity index (χ0n) is 11.2. The topological polar surface area (TPSA) is 72.5 Å². The number of rotatable bonds is 7. The van der Waals surface area contributed by atoms with Crippen molar-refractivity contribution in [3.05, 3.63) is 29.6 Å². The summed E-state index contributed by atoms with van der Waals surface area (Å²) >= 11 is 0. The van der Waals surface area contributed by atoms with E-state index in [0.29, 0.717) is 12.8 Å². The first-order valence-electron chi connectivity index (χ1n) is 5.99. The Bertz CT molecular complexity index is 619. The molecule has 0 saturated carbocycles. The van der Waals surface area contributed by atoms with Crippen LogP contribution in [0, 0.1) is 17.5 Å². The van der Waals surface area contributed by atoms with Crippen molar-refractivity contribution in [2.75, 3.05) is 13.7 Å². The fourth-order valence-electron chi connectivity index (χ4n) is 1.49. The normalized spacial score (nSPS) is 11.4. The van der Waals surface area contributed by atoms with E-state index in [1.54, 1.807) is 0 Å². The fraction of sp³-hybridized carbons (Fsp3) is 0.417. The van der Waals surface area contributed by atoms with Gasteiger partial charge in [-0.05, 0) is 18.9 Å². The van der Waals surface area contributed by atoms with Gasteiger partial charge in [0.1, 0.15) is 10.7 Å². The molecule has 0 fully saturated rings. The molecule has 0 aliphatic carbocycles. The Morgan fingerprint density at radius 2 is 1.76 bits per heavy atom. The van der Waals surface area contributed by atoms with Crippen molar-refractivity contribution < 1.29 is 31.1 Å². The Kier molecular flexibility index (Phi) is 6.16. The van der Waals surface area contributed by atoms with E-state index in [0.717, 1.165) is 0 Å². The Morgan fingerprint density at radius 3 is 2.38 bits per heavy atom. The number of ether oxygens (including phenoxy) is 1. The highest BCUT2D eigenvalue weighted by Crippen LogP contribution is 2.18. The maximum absolute atomic E-state index is 13.4. The maximum atomic E-state index is 13.4. The molecule has 0 aliphatic heterocycles. The van der Waals surface area contributed by atoms with Gasteiger partial charge in [0.05, 0.1) is 7.11 Å². The minimum Gasteiger partial charge on any atom is -0.469 e. The minimum atomic E-state index is -4.28. The van der Waals surface area contributed by atoms with Crippen molar-refractivity contribution in [3.8, 4) is 0 Å². The van der Waals surface area contributed by atoms with E-state index in [-0.39, 0.29) is 25.1 Å². The molecule has 1 aromatic carbocycles. The highest BCUT2D eigenvalue weighted by molar-refractivity contribution is 7.89. The number of methoxy groups -OCH3 is 1. The van der Waals surface area contributed by atoms with Crippen molar-refractivity contribution in [1.29, 1.82) is 0 Å². The lowest BCUT2D eigenvalue weighted by atomic mass is 10.2.